The van der Waals surface area contributed by atoms with Crippen molar-refractivity contribution in [3.8, 4) is 0 Å². The van der Waals surface area contributed by atoms with Gasteiger partial charge in [-0.05, 0) is 48.9 Å². The van der Waals surface area contributed by atoms with E-state index < -0.39 is 5.82 Å². The van der Waals surface area contributed by atoms with Gasteiger partial charge in [-0.2, -0.15) is 0 Å². The molecule has 0 unspecified atom stereocenters. The number of anilines is 1. The second-order valence-corrected chi connectivity index (χ2v) is 4.78. The summed E-state index contributed by atoms with van der Waals surface area (Å²) < 4.78 is 13.2. The van der Waals surface area contributed by atoms with Crippen LogP contribution in [-0.2, 0) is 6.42 Å². The highest BCUT2D eigenvalue weighted by molar-refractivity contribution is 6.31. The van der Waals surface area contributed by atoms with Crippen molar-refractivity contribution in [2.24, 2.45) is 5.73 Å². The molecule has 3 nitrogen and oxygen atoms in total. The number of hydrogen-bond acceptors (Lipinski definition) is 2. The Balaban J connectivity index is 2.11. The number of nitrogens with one attached hydrogen (secondary N) is 1. The first kappa shape index (κ1) is 14.5. The molecule has 0 aliphatic rings. The van der Waals surface area contributed by atoms with E-state index in [1.54, 1.807) is 12.1 Å². The maximum atomic E-state index is 13.2. The van der Waals surface area contributed by atoms with Crippen LogP contribution in [0.1, 0.15) is 15.9 Å². The first-order valence-corrected chi connectivity index (χ1v) is 6.53. The molecule has 0 aliphatic carbocycles. The predicted molar refractivity (Wildman–Crippen MR) is 78.6 cm³/mol. The van der Waals surface area contributed by atoms with Gasteiger partial charge in [0.25, 0.3) is 5.91 Å². The Labute approximate surface area is 121 Å². The van der Waals surface area contributed by atoms with E-state index >= 15 is 0 Å². The normalized spacial score (nSPS) is 10.3. The van der Waals surface area contributed by atoms with E-state index in [1.165, 1.54) is 18.2 Å². The van der Waals surface area contributed by atoms with E-state index in [-0.39, 0.29) is 10.9 Å². The van der Waals surface area contributed by atoms with Gasteiger partial charge in [-0.25, -0.2) is 4.39 Å². The molecule has 2 aromatic rings. The van der Waals surface area contributed by atoms with Crippen LogP contribution >= 0.6 is 11.6 Å². The van der Waals surface area contributed by atoms with E-state index in [2.05, 4.69) is 5.32 Å². The number of carbonyl (C=O) groups is 1. The van der Waals surface area contributed by atoms with Crippen LogP contribution in [0, 0.1) is 5.82 Å². The molecule has 5 heteroatoms. The molecule has 2 aromatic carbocycles. The molecule has 0 saturated heterocycles. The smallest absolute Gasteiger partial charge is 0.255 e. The van der Waals surface area contributed by atoms with E-state index in [0.717, 1.165) is 12.0 Å². The van der Waals surface area contributed by atoms with Gasteiger partial charge in [0.1, 0.15) is 5.82 Å². The van der Waals surface area contributed by atoms with Crippen molar-refractivity contribution in [3.05, 3.63) is 64.4 Å². The van der Waals surface area contributed by atoms with Crippen LogP contribution in [0.3, 0.4) is 0 Å². The SMILES string of the molecule is NCCc1ccc(C(=O)Nc2cc(F)cc(Cl)c2)cc1. The zero-order valence-corrected chi connectivity index (χ0v) is 11.5. The van der Waals surface area contributed by atoms with Gasteiger partial charge in [0, 0.05) is 16.3 Å². The summed E-state index contributed by atoms with van der Waals surface area (Å²) >= 11 is 5.73. The second-order valence-electron chi connectivity index (χ2n) is 4.35. The van der Waals surface area contributed by atoms with Gasteiger partial charge in [0.15, 0.2) is 0 Å². The Bertz CT molecular complexity index is 594. The fourth-order valence-electron chi connectivity index (χ4n) is 1.82. The van der Waals surface area contributed by atoms with Crippen molar-refractivity contribution < 1.29 is 9.18 Å². The summed E-state index contributed by atoms with van der Waals surface area (Å²) in [6, 6.07) is 11.0. The fourth-order valence-corrected chi connectivity index (χ4v) is 2.04. The van der Waals surface area contributed by atoms with Crippen molar-refractivity contribution >= 4 is 23.2 Å². The minimum Gasteiger partial charge on any atom is -0.330 e. The van der Waals surface area contributed by atoms with Crippen molar-refractivity contribution in [2.45, 2.75) is 6.42 Å². The van der Waals surface area contributed by atoms with Crippen LogP contribution in [0.2, 0.25) is 5.02 Å². The Kier molecular flexibility index (Phi) is 4.71. The zero-order valence-electron chi connectivity index (χ0n) is 10.7. The maximum Gasteiger partial charge on any atom is 0.255 e. The Hall–Kier alpha value is -1.91. The average molecular weight is 293 g/mol. The van der Waals surface area contributed by atoms with Gasteiger partial charge in [-0.3, -0.25) is 4.79 Å². The molecular formula is C15H14ClFN2O. The highest BCUT2D eigenvalue weighted by Crippen LogP contribution is 2.19. The van der Waals surface area contributed by atoms with Gasteiger partial charge >= 0.3 is 0 Å². The van der Waals surface area contributed by atoms with E-state index in [0.29, 0.717) is 17.8 Å². The van der Waals surface area contributed by atoms with Gasteiger partial charge in [0.05, 0.1) is 0 Å². The van der Waals surface area contributed by atoms with Gasteiger partial charge in [-0.15, -0.1) is 0 Å². The van der Waals surface area contributed by atoms with Crippen LogP contribution in [0.5, 0.6) is 0 Å². The van der Waals surface area contributed by atoms with Crippen molar-refractivity contribution in [2.75, 3.05) is 11.9 Å². The van der Waals surface area contributed by atoms with E-state index in [1.807, 2.05) is 12.1 Å². The molecule has 1 amide bonds. The second kappa shape index (κ2) is 6.50. The minimum absolute atomic E-state index is 0.235. The lowest BCUT2D eigenvalue weighted by molar-refractivity contribution is 0.102. The number of rotatable bonds is 4. The molecule has 0 atom stereocenters. The Morgan fingerprint density at radius 1 is 1.20 bits per heavy atom. The van der Waals surface area contributed by atoms with Crippen molar-refractivity contribution in [1.82, 2.24) is 0 Å². The van der Waals surface area contributed by atoms with Gasteiger partial charge in [-0.1, -0.05) is 23.7 Å². The number of benzene rings is 2. The molecule has 20 heavy (non-hydrogen) atoms. The summed E-state index contributed by atoms with van der Waals surface area (Å²) in [6.45, 7) is 0.563. The summed E-state index contributed by atoms with van der Waals surface area (Å²) in [4.78, 5) is 12.0. The average Bonchev–Trinajstić information content (AvgIpc) is 2.38. The van der Waals surface area contributed by atoms with Gasteiger partial charge in [0.2, 0.25) is 0 Å². The highest BCUT2D eigenvalue weighted by atomic mass is 35.5. The highest BCUT2D eigenvalue weighted by Gasteiger charge is 2.07. The van der Waals surface area contributed by atoms with E-state index in [9.17, 15) is 9.18 Å². The third-order valence-corrected chi connectivity index (χ3v) is 2.99. The number of amides is 1. The molecule has 3 N–H and O–H groups in total. The minimum atomic E-state index is -0.494. The first-order chi connectivity index (χ1) is 9.58. The molecule has 2 rings (SSSR count). The van der Waals surface area contributed by atoms with Crippen LogP contribution in [0.15, 0.2) is 42.5 Å². The summed E-state index contributed by atoms with van der Waals surface area (Å²) in [6.07, 6.45) is 0.765. The number of halogens is 2. The molecule has 0 spiro atoms. The Morgan fingerprint density at radius 2 is 1.90 bits per heavy atom. The predicted octanol–water partition coefficient (Wildman–Crippen LogP) is 3.23. The summed E-state index contributed by atoms with van der Waals surface area (Å²) in [5, 5.41) is 2.84. The van der Waals surface area contributed by atoms with E-state index in [4.69, 9.17) is 17.3 Å². The summed E-state index contributed by atoms with van der Waals surface area (Å²) in [5.74, 6) is -0.808. The molecule has 0 fully saturated rings. The van der Waals surface area contributed by atoms with Crippen LogP contribution in [-0.4, -0.2) is 12.5 Å². The fraction of sp³-hybridized carbons (Fsp3) is 0.133. The lowest BCUT2D eigenvalue weighted by Gasteiger charge is -2.07. The number of carbonyl (C=O) groups excluding carboxylic acids is 1. The molecule has 0 bridgehead atoms. The monoisotopic (exact) mass is 292 g/mol. The number of hydrogen-bond donors (Lipinski definition) is 2. The van der Waals surface area contributed by atoms with Crippen LogP contribution in [0.25, 0.3) is 0 Å². The number of nitrogens with two attached hydrogens (primary N) is 1. The summed E-state index contributed by atoms with van der Waals surface area (Å²) in [5.41, 5.74) is 7.35. The topological polar surface area (TPSA) is 55.1 Å². The zero-order chi connectivity index (χ0) is 14.5. The molecular weight excluding hydrogens is 279 g/mol. The van der Waals surface area contributed by atoms with Gasteiger partial charge < -0.3 is 11.1 Å². The van der Waals surface area contributed by atoms with Crippen LogP contribution in [0.4, 0.5) is 10.1 Å². The maximum absolute atomic E-state index is 13.2. The molecule has 0 aromatic heterocycles. The largest absolute Gasteiger partial charge is 0.330 e. The molecule has 0 radical (unpaired) electrons. The van der Waals surface area contributed by atoms with Crippen molar-refractivity contribution in [3.63, 3.8) is 0 Å². The van der Waals surface area contributed by atoms with Crippen LogP contribution < -0.4 is 11.1 Å². The molecule has 0 heterocycles. The van der Waals surface area contributed by atoms with Crippen molar-refractivity contribution in [1.29, 1.82) is 0 Å². The first-order valence-electron chi connectivity index (χ1n) is 6.15. The lowest BCUT2D eigenvalue weighted by Crippen LogP contribution is -2.12. The molecule has 0 saturated carbocycles. The summed E-state index contributed by atoms with van der Waals surface area (Å²) in [7, 11) is 0. The molecule has 0 aliphatic heterocycles. The standard InChI is InChI=1S/C15H14ClFN2O/c16-12-7-13(17)9-14(8-12)19-15(20)11-3-1-10(2-4-11)5-6-18/h1-4,7-9H,5-6,18H2,(H,19,20). The third-order valence-electron chi connectivity index (χ3n) is 2.77. The molecule has 104 valence electrons. The Morgan fingerprint density at radius 3 is 2.50 bits per heavy atom. The third kappa shape index (κ3) is 3.79. The quantitative estimate of drug-likeness (QED) is 0.909. The lowest BCUT2D eigenvalue weighted by atomic mass is 10.1.